The summed E-state index contributed by atoms with van der Waals surface area (Å²) in [5.74, 6) is 0.448. The second kappa shape index (κ2) is 6.06. The molecule has 25 heavy (non-hydrogen) atoms. The van der Waals surface area contributed by atoms with E-state index in [0.29, 0.717) is 5.82 Å². The minimum absolute atomic E-state index is 0.448. The Balaban J connectivity index is 1.79. The molecule has 0 bridgehead atoms. The summed E-state index contributed by atoms with van der Waals surface area (Å²) >= 11 is 0. The number of nitrogen functional groups attached to an aromatic ring is 1. The molecule has 124 valence electrons. The van der Waals surface area contributed by atoms with Gasteiger partial charge in [0.05, 0.1) is 11.9 Å². The quantitative estimate of drug-likeness (QED) is 0.751. The number of hydrogen-bond donors (Lipinski definition) is 2. The van der Waals surface area contributed by atoms with Crippen LogP contribution in [0.5, 0.6) is 0 Å². The number of nitrogens with zero attached hydrogens (tertiary/aromatic N) is 2. The number of rotatable bonds is 2. The molecule has 4 heteroatoms. The first-order chi connectivity index (χ1) is 12.1. The summed E-state index contributed by atoms with van der Waals surface area (Å²) in [5, 5.41) is 3.30. The zero-order valence-corrected chi connectivity index (χ0v) is 14.2. The molecule has 3 N–H and O–H groups in total. The van der Waals surface area contributed by atoms with Crippen molar-refractivity contribution in [3.8, 4) is 22.5 Å². The van der Waals surface area contributed by atoms with Gasteiger partial charge in [0.2, 0.25) is 0 Å². The van der Waals surface area contributed by atoms with E-state index in [9.17, 15) is 0 Å². The van der Waals surface area contributed by atoms with Crippen LogP contribution in [-0.2, 0) is 6.42 Å². The van der Waals surface area contributed by atoms with Gasteiger partial charge < -0.3 is 11.1 Å². The third kappa shape index (κ3) is 2.87. The minimum atomic E-state index is 0.448. The number of benzene rings is 2. The Kier molecular flexibility index (Phi) is 3.73. The van der Waals surface area contributed by atoms with Crippen molar-refractivity contribution < 1.29 is 0 Å². The lowest BCUT2D eigenvalue weighted by atomic mass is 9.95. The van der Waals surface area contributed by atoms with Gasteiger partial charge in [-0.25, -0.2) is 9.97 Å². The van der Waals surface area contributed by atoms with Crippen molar-refractivity contribution in [2.45, 2.75) is 13.3 Å². The van der Waals surface area contributed by atoms with Gasteiger partial charge in [-0.05, 0) is 25.0 Å². The van der Waals surface area contributed by atoms with Gasteiger partial charge in [-0.3, -0.25) is 0 Å². The molecular weight excluding hydrogens is 308 g/mol. The Morgan fingerprint density at radius 2 is 1.84 bits per heavy atom. The van der Waals surface area contributed by atoms with Gasteiger partial charge in [-0.2, -0.15) is 0 Å². The first kappa shape index (κ1) is 15.4. The smallest absolute Gasteiger partial charge is 0.150 e. The Bertz CT molecular complexity index is 958. The first-order valence-corrected chi connectivity index (χ1v) is 8.38. The van der Waals surface area contributed by atoms with Crippen molar-refractivity contribution >= 4 is 11.5 Å². The molecular formula is C21H20N4. The van der Waals surface area contributed by atoms with Crippen molar-refractivity contribution in [1.29, 1.82) is 0 Å². The molecule has 4 rings (SSSR count). The molecule has 1 aromatic heterocycles. The van der Waals surface area contributed by atoms with Gasteiger partial charge in [0.1, 0.15) is 11.5 Å². The number of anilines is 1. The van der Waals surface area contributed by atoms with E-state index < -0.39 is 0 Å². The van der Waals surface area contributed by atoms with Crippen LogP contribution in [0, 0.1) is 6.92 Å². The summed E-state index contributed by atoms with van der Waals surface area (Å²) in [5.41, 5.74) is 14.3. The lowest BCUT2D eigenvalue weighted by molar-refractivity contribution is 0.816. The van der Waals surface area contributed by atoms with Crippen LogP contribution < -0.4 is 11.1 Å². The Morgan fingerprint density at radius 3 is 2.64 bits per heavy atom. The van der Waals surface area contributed by atoms with Crippen LogP contribution in [0.3, 0.4) is 0 Å². The van der Waals surface area contributed by atoms with Crippen molar-refractivity contribution in [2.24, 2.45) is 0 Å². The first-order valence-electron chi connectivity index (χ1n) is 8.38. The van der Waals surface area contributed by atoms with Gasteiger partial charge in [-0.15, -0.1) is 0 Å². The molecule has 4 nitrogen and oxygen atoms in total. The van der Waals surface area contributed by atoms with Gasteiger partial charge in [0.15, 0.2) is 0 Å². The zero-order valence-electron chi connectivity index (χ0n) is 14.2. The van der Waals surface area contributed by atoms with Crippen molar-refractivity contribution in [1.82, 2.24) is 15.3 Å². The van der Waals surface area contributed by atoms with Crippen molar-refractivity contribution in [3.63, 3.8) is 0 Å². The predicted octanol–water partition coefficient (Wildman–Crippen LogP) is 3.82. The zero-order chi connectivity index (χ0) is 17.4. The van der Waals surface area contributed by atoms with Crippen molar-refractivity contribution in [3.05, 3.63) is 71.9 Å². The topological polar surface area (TPSA) is 63.8 Å². The van der Waals surface area contributed by atoms with Crippen LogP contribution in [0.25, 0.3) is 28.2 Å². The van der Waals surface area contributed by atoms with E-state index in [1.807, 2.05) is 6.07 Å². The molecule has 0 amide bonds. The Labute approximate surface area is 147 Å². The van der Waals surface area contributed by atoms with E-state index in [-0.39, 0.29) is 0 Å². The summed E-state index contributed by atoms with van der Waals surface area (Å²) in [6.07, 6.45) is 2.70. The molecule has 0 atom stereocenters. The largest absolute Gasteiger partial charge is 0.385 e. The minimum Gasteiger partial charge on any atom is -0.385 e. The normalized spacial score (nSPS) is 13.2. The lowest BCUT2D eigenvalue weighted by Crippen LogP contribution is -2.21. The molecule has 0 unspecified atom stereocenters. The SMILES string of the molecule is C=C1NCCc2cc(-c3nc(-c4ccc(C)cc4)cnc3N)ccc21. The van der Waals surface area contributed by atoms with Gasteiger partial charge in [0, 0.05) is 28.9 Å². The van der Waals surface area contributed by atoms with E-state index in [4.69, 9.17) is 10.7 Å². The molecule has 1 aliphatic rings. The highest BCUT2D eigenvalue weighted by Gasteiger charge is 2.15. The van der Waals surface area contributed by atoms with Gasteiger partial charge in [0.25, 0.3) is 0 Å². The molecule has 0 saturated heterocycles. The van der Waals surface area contributed by atoms with Crippen LogP contribution in [0.1, 0.15) is 16.7 Å². The van der Waals surface area contributed by atoms with E-state index in [1.54, 1.807) is 6.20 Å². The maximum Gasteiger partial charge on any atom is 0.150 e. The molecule has 2 heterocycles. The van der Waals surface area contributed by atoms with Crippen LogP contribution >= 0.6 is 0 Å². The summed E-state index contributed by atoms with van der Waals surface area (Å²) in [4.78, 5) is 9.15. The Morgan fingerprint density at radius 1 is 1.08 bits per heavy atom. The average molecular weight is 328 g/mol. The maximum atomic E-state index is 6.12. The molecule has 3 aromatic rings. The molecule has 0 radical (unpaired) electrons. The predicted molar refractivity (Wildman–Crippen MR) is 103 cm³/mol. The summed E-state index contributed by atoms with van der Waals surface area (Å²) in [6, 6.07) is 14.5. The molecule has 0 spiro atoms. The van der Waals surface area contributed by atoms with Crippen LogP contribution in [0.2, 0.25) is 0 Å². The Hall–Kier alpha value is -3.14. The highest BCUT2D eigenvalue weighted by Crippen LogP contribution is 2.30. The van der Waals surface area contributed by atoms with E-state index >= 15 is 0 Å². The summed E-state index contributed by atoms with van der Waals surface area (Å²) < 4.78 is 0. The third-order valence-electron chi connectivity index (χ3n) is 4.58. The fraction of sp³-hybridized carbons (Fsp3) is 0.143. The van der Waals surface area contributed by atoms with E-state index in [0.717, 1.165) is 46.7 Å². The summed E-state index contributed by atoms with van der Waals surface area (Å²) in [6.45, 7) is 7.04. The number of aryl methyl sites for hydroxylation is 1. The van der Waals surface area contributed by atoms with Crippen LogP contribution in [0.4, 0.5) is 5.82 Å². The van der Waals surface area contributed by atoms with Gasteiger partial charge >= 0.3 is 0 Å². The number of fused-ring (bicyclic) bond motifs is 1. The molecule has 0 fully saturated rings. The van der Waals surface area contributed by atoms with E-state index in [2.05, 4.69) is 60.2 Å². The summed E-state index contributed by atoms with van der Waals surface area (Å²) in [7, 11) is 0. The van der Waals surface area contributed by atoms with Gasteiger partial charge in [-0.1, -0.05) is 48.5 Å². The second-order valence-electron chi connectivity index (χ2n) is 6.38. The highest BCUT2D eigenvalue weighted by molar-refractivity contribution is 5.76. The number of aromatic nitrogens is 2. The fourth-order valence-corrected chi connectivity index (χ4v) is 3.16. The fourth-order valence-electron chi connectivity index (χ4n) is 3.16. The molecule has 1 aliphatic heterocycles. The van der Waals surface area contributed by atoms with Crippen LogP contribution in [-0.4, -0.2) is 16.5 Å². The monoisotopic (exact) mass is 328 g/mol. The second-order valence-corrected chi connectivity index (χ2v) is 6.38. The molecule has 0 saturated carbocycles. The molecule has 0 aliphatic carbocycles. The maximum absolute atomic E-state index is 6.12. The third-order valence-corrected chi connectivity index (χ3v) is 4.58. The van der Waals surface area contributed by atoms with Crippen molar-refractivity contribution in [2.75, 3.05) is 12.3 Å². The number of nitrogens with one attached hydrogen (secondary N) is 1. The molecule has 2 aromatic carbocycles. The average Bonchev–Trinajstić information content (AvgIpc) is 2.63. The lowest BCUT2D eigenvalue weighted by Gasteiger charge is -2.21. The van der Waals surface area contributed by atoms with E-state index in [1.165, 1.54) is 11.1 Å². The number of nitrogens with two attached hydrogens (primary N) is 1. The highest BCUT2D eigenvalue weighted by atomic mass is 14.9. The standard InChI is InChI=1S/C21H20N4/c1-13-3-5-15(6-4-13)19-12-24-21(22)20(25-19)17-7-8-18-14(2)23-10-9-16(18)11-17/h3-8,11-12,23H,2,9-10H2,1H3,(H2,22,24). The van der Waals surface area contributed by atoms with Crippen LogP contribution in [0.15, 0.2) is 55.2 Å². The number of hydrogen-bond acceptors (Lipinski definition) is 4.